The summed E-state index contributed by atoms with van der Waals surface area (Å²) >= 11 is 4.77. The van der Waals surface area contributed by atoms with Gasteiger partial charge in [-0.05, 0) is 45.8 Å². The van der Waals surface area contributed by atoms with Gasteiger partial charge in [-0.3, -0.25) is 9.69 Å². The van der Waals surface area contributed by atoms with Crippen molar-refractivity contribution >= 4 is 39.3 Å². The molecule has 1 fully saturated rings. The minimum atomic E-state index is -0.422. The van der Waals surface area contributed by atoms with E-state index < -0.39 is 5.92 Å². The Morgan fingerprint density at radius 1 is 1.15 bits per heavy atom. The molecule has 1 unspecified atom stereocenters. The molecule has 0 bridgehead atoms. The van der Waals surface area contributed by atoms with Gasteiger partial charge in [0.1, 0.15) is 11.5 Å². The number of halogens is 1. The maximum atomic E-state index is 13.2. The Labute approximate surface area is 204 Å². The van der Waals surface area contributed by atoms with Crippen LogP contribution in [0.1, 0.15) is 17.9 Å². The van der Waals surface area contributed by atoms with Crippen LogP contribution in [0.5, 0.6) is 23.0 Å². The molecule has 33 heavy (non-hydrogen) atoms. The number of allylic oxidation sites excluding steroid dienone is 1. The first kappa shape index (κ1) is 23.1. The van der Waals surface area contributed by atoms with E-state index in [0.717, 1.165) is 11.3 Å². The number of hydrogen-bond donors (Lipinski definition) is 1. The van der Waals surface area contributed by atoms with Crippen molar-refractivity contribution in [2.24, 2.45) is 0 Å². The number of carbonyl (C=O) groups excluding carboxylic acids is 1. The number of carbonyl (C=O) groups is 1. The molecule has 1 amide bonds. The van der Waals surface area contributed by atoms with Gasteiger partial charge in [0.2, 0.25) is 5.91 Å². The Morgan fingerprint density at radius 2 is 1.91 bits per heavy atom. The lowest BCUT2D eigenvalue weighted by Crippen LogP contribution is -2.47. The summed E-state index contributed by atoms with van der Waals surface area (Å²) in [7, 11) is 4.65. The highest BCUT2D eigenvalue weighted by Crippen LogP contribution is 2.47. The molecule has 2 heterocycles. The molecule has 1 saturated heterocycles. The van der Waals surface area contributed by atoms with Crippen molar-refractivity contribution in [3.8, 4) is 29.1 Å². The normalized spacial score (nSPS) is 18.0. The minimum Gasteiger partial charge on any atom is -0.503 e. The number of phenolic OH excluding ortho intramolecular Hbond substituents is 1. The van der Waals surface area contributed by atoms with Gasteiger partial charge in [-0.2, -0.15) is 5.26 Å². The largest absolute Gasteiger partial charge is 0.503 e. The molecular formula is C23H22BrN3O5S. The Balaban J connectivity index is 1.69. The predicted molar refractivity (Wildman–Crippen MR) is 129 cm³/mol. The monoisotopic (exact) mass is 531 g/mol. The first-order valence-corrected chi connectivity index (χ1v) is 11.8. The molecule has 2 aliphatic heterocycles. The minimum absolute atomic E-state index is 0.0210. The van der Waals surface area contributed by atoms with Crippen LogP contribution in [0, 0.1) is 11.3 Å². The fraction of sp³-hybridized carbons (Fsp3) is 0.304. The zero-order valence-corrected chi connectivity index (χ0v) is 20.7. The summed E-state index contributed by atoms with van der Waals surface area (Å²) in [4.78, 5) is 16.9. The van der Waals surface area contributed by atoms with Crippen LogP contribution in [0.15, 0.2) is 45.4 Å². The van der Waals surface area contributed by atoms with Crippen LogP contribution < -0.4 is 19.1 Å². The first-order valence-electron chi connectivity index (χ1n) is 10.0. The number of amides is 1. The third-order valence-corrected chi connectivity index (χ3v) is 7.45. The van der Waals surface area contributed by atoms with Gasteiger partial charge >= 0.3 is 0 Å². The summed E-state index contributed by atoms with van der Waals surface area (Å²) in [6, 6.07) is 11.3. The lowest BCUT2D eigenvalue weighted by molar-refractivity contribution is -0.129. The van der Waals surface area contributed by atoms with Gasteiger partial charge in [-0.25, -0.2) is 0 Å². The first-order chi connectivity index (χ1) is 15.9. The maximum absolute atomic E-state index is 13.2. The highest BCUT2D eigenvalue weighted by Gasteiger charge is 2.39. The molecule has 8 nitrogen and oxygen atoms in total. The van der Waals surface area contributed by atoms with E-state index in [0.29, 0.717) is 39.1 Å². The van der Waals surface area contributed by atoms with Gasteiger partial charge < -0.3 is 24.2 Å². The number of ether oxygens (including phenoxy) is 3. The van der Waals surface area contributed by atoms with Gasteiger partial charge in [0, 0.05) is 18.4 Å². The van der Waals surface area contributed by atoms with E-state index in [9.17, 15) is 15.2 Å². The highest BCUT2D eigenvalue weighted by atomic mass is 79.9. The molecule has 1 N–H and O–H groups in total. The number of fused-ring (bicyclic) bond motifs is 1. The second-order valence-corrected chi connectivity index (χ2v) is 9.24. The van der Waals surface area contributed by atoms with Gasteiger partial charge in [0.05, 0.1) is 60.7 Å². The van der Waals surface area contributed by atoms with E-state index in [4.69, 9.17) is 14.2 Å². The number of methoxy groups -OCH3 is 3. The zero-order chi connectivity index (χ0) is 23.7. The SMILES string of the molecule is COc1ccc(N2CSC3=C(C#N)C(c4cc(Br)c(O)c(OC)c4)CC(=O)N3C2)c(OC)c1. The van der Waals surface area contributed by atoms with Crippen molar-refractivity contribution in [2.75, 3.05) is 38.8 Å². The van der Waals surface area contributed by atoms with Crippen molar-refractivity contribution < 1.29 is 24.1 Å². The average Bonchev–Trinajstić information content (AvgIpc) is 2.84. The molecule has 172 valence electrons. The van der Waals surface area contributed by atoms with Crippen LogP contribution in [0.25, 0.3) is 0 Å². The van der Waals surface area contributed by atoms with Crippen LogP contribution >= 0.6 is 27.7 Å². The summed E-state index contributed by atoms with van der Waals surface area (Å²) in [5.74, 6) is 1.63. The van der Waals surface area contributed by atoms with Gasteiger partial charge in [0.15, 0.2) is 11.5 Å². The quantitative estimate of drug-likeness (QED) is 0.606. The smallest absolute Gasteiger partial charge is 0.229 e. The zero-order valence-electron chi connectivity index (χ0n) is 18.3. The molecule has 0 spiro atoms. The van der Waals surface area contributed by atoms with Crippen molar-refractivity contribution in [3.05, 3.63) is 51.0 Å². The fourth-order valence-corrected chi connectivity index (χ4v) is 5.61. The van der Waals surface area contributed by atoms with E-state index in [1.54, 1.807) is 37.3 Å². The van der Waals surface area contributed by atoms with Crippen molar-refractivity contribution in [1.82, 2.24) is 4.90 Å². The summed E-state index contributed by atoms with van der Waals surface area (Å²) in [5, 5.41) is 20.8. The third-order valence-electron chi connectivity index (χ3n) is 5.69. The summed E-state index contributed by atoms with van der Waals surface area (Å²) in [6.45, 7) is 0.310. The maximum Gasteiger partial charge on any atom is 0.229 e. The van der Waals surface area contributed by atoms with Crippen molar-refractivity contribution in [3.63, 3.8) is 0 Å². The molecule has 2 aromatic rings. The van der Waals surface area contributed by atoms with Gasteiger partial charge in [-0.15, -0.1) is 0 Å². The number of phenols is 1. The average molecular weight is 532 g/mol. The standard InChI is InChI=1S/C23H22BrN3O5S/c1-30-14-4-5-18(19(8-14)31-2)26-11-27-21(28)9-15(16(10-25)23(27)33-12-26)13-6-17(24)22(29)20(7-13)32-3/h4-8,15,29H,9,11-12H2,1-3H3. The Bertz CT molecular complexity index is 1180. The van der Waals surface area contributed by atoms with Crippen LogP contribution in [0.3, 0.4) is 0 Å². The van der Waals surface area contributed by atoms with E-state index >= 15 is 0 Å². The third kappa shape index (κ3) is 4.18. The van der Waals surface area contributed by atoms with Crippen LogP contribution in [0.4, 0.5) is 5.69 Å². The number of nitrogens with zero attached hydrogens (tertiary/aromatic N) is 3. The molecule has 10 heteroatoms. The lowest BCUT2D eigenvalue weighted by Gasteiger charge is -2.42. The van der Waals surface area contributed by atoms with E-state index in [1.165, 1.54) is 18.9 Å². The number of nitriles is 1. The number of hydrogen-bond acceptors (Lipinski definition) is 8. The molecule has 2 aliphatic rings. The summed E-state index contributed by atoms with van der Waals surface area (Å²) in [5.41, 5.74) is 2.10. The molecule has 0 radical (unpaired) electrons. The number of rotatable bonds is 5. The number of anilines is 1. The summed E-state index contributed by atoms with van der Waals surface area (Å²) < 4.78 is 16.5. The summed E-state index contributed by atoms with van der Waals surface area (Å²) in [6.07, 6.45) is 0.140. The molecule has 1 atom stereocenters. The Morgan fingerprint density at radius 3 is 2.58 bits per heavy atom. The second-order valence-electron chi connectivity index (χ2n) is 7.46. The topological polar surface area (TPSA) is 95.3 Å². The molecule has 0 aromatic heterocycles. The van der Waals surface area contributed by atoms with E-state index in [1.807, 2.05) is 17.0 Å². The predicted octanol–water partition coefficient (Wildman–Crippen LogP) is 4.40. The number of benzene rings is 2. The van der Waals surface area contributed by atoms with Crippen molar-refractivity contribution in [2.45, 2.75) is 12.3 Å². The Kier molecular flexibility index (Phi) is 6.63. The van der Waals surface area contributed by atoms with Gasteiger partial charge in [0.25, 0.3) is 0 Å². The molecule has 0 aliphatic carbocycles. The van der Waals surface area contributed by atoms with E-state index in [2.05, 4.69) is 22.0 Å². The van der Waals surface area contributed by atoms with E-state index in [-0.39, 0.29) is 23.8 Å². The molecule has 4 rings (SSSR count). The van der Waals surface area contributed by atoms with Crippen LogP contribution in [-0.2, 0) is 4.79 Å². The Hall–Kier alpha value is -3.03. The molecule has 0 saturated carbocycles. The number of aromatic hydroxyl groups is 1. The van der Waals surface area contributed by atoms with Crippen molar-refractivity contribution in [1.29, 1.82) is 5.26 Å². The number of thioether (sulfide) groups is 1. The fourth-order valence-electron chi connectivity index (χ4n) is 4.00. The molecular weight excluding hydrogens is 510 g/mol. The van der Waals surface area contributed by atoms with Crippen LogP contribution in [-0.4, -0.2) is 49.8 Å². The van der Waals surface area contributed by atoms with Gasteiger partial charge in [-0.1, -0.05) is 11.8 Å². The highest BCUT2D eigenvalue weighted by molar-refractivity contribution is 9.10. The molecule has 2 aromatic carbocycles. The second kappa shape index (κ2) is 9.45. The lowest BCUT2D eigenvalue weighted by atomic mass is 9.86. The van der Waals surface area contributed by atoms with Crippen LogP contribution in [0.2, 0.25) is 0 Å².